The normalized spacial score (nSPS) is 24.3. The van der Waals surface area contributed by atoms with E-state index in [1.165, 1.54) is 0 Å². The van der Waals surface area contributed by atoms with Gasteiger partial charge in [0.15, 0.2) is 0 Å². The second-order valence-corrected chi connectivity index (χ2v) is 7.59. The Hall–Kier alpha value is -1.43. The Labute approximate surface area is 125 Å². The molecule has 1 aliphatic rings. The van der Waals surface area contributed by atoms with Crippen molar-refractivity contribution in [2.45, 2.75) is 36.7 Å². The van der Waals surface area contributed by atoms with Crippen LogP contribution in [0.1, 0.15) is 19.8 Å². The van der Waals surface area contributed by atoms with Crippen LogP contribution in [0.25, 0.3) is 10.8 Å². The second-order valence-electron chi connectivity index (χ2n) is 5.73. The summed E-state index contributed by atoms with van der Waals surface area (Å²) in [5, 5.41) is 1.72. The molecule has 2 atom stereocenters. The van der Waals surface area contributed by atoms with Gasteiger partial charge >= 0.3 is 0 Å². The molecule has 0 aliphatic carbocycles. The van der Waals surface area contributed by atoms with Gasteiger partial charge in [-0.05, 0) is 31.2 Å². The molecule has 5 heteroatoms. The van der Waals surface area contributed by atoms with Gasteiger partial charge in [-0.3, -0.25) is 0 Å². The summed E-state index contributed by atoms with van der Waals surface area (Å²) in [4.78, 5) is 0.392. The first kappa shape index (κ1) is 14.5. The Morgan fingerprint density at radius 1 is 1.14 bits per heavy atom. The molecule has 112 valence electrons. The average Bonchev–Trinajstić information content (AvgIpc) is 2.46. The van der Waals surface area contributed by atoms with E-state index in [0.29, 0.717) is 24.3 Å². The molecular formula is C16H20N2O2S. The molecule has 21 heavy (non-hydrogen) atoms. The SMILES string of the molecule is CC1CC(N)CCN1S(=O)(=O)c1cccc2ccccc12. The first-order valence-electron chi connectivity index (χ1n) is 7.25. The van der Waals surface area contributed by atoms with Crippen LogP contribution in [0.5, 0.6) is 0 Å². The van der Waals surface area contributed by atoms with Gasteiger partial charge in [-0.25, -0.2) is 8.42 Å². The molecule has 0 radical (unpaired) electrons. The minimum atomic E-state index is -3.48. The Morgan fingerprint density at radius 3 is 2.62 bits per heavy atom. The number of hydrogen-bond acceptors (Lipinski definition) is 3. The summed E-state index contributed by atoms with van der Waals surface area (Å²) < 4.78 is 27.6. The lowest BCUT2D eigenvalue weighted by molar-refractivity contribution is 0.247. The van der Waals surface area contributed by atoms with E-state index in [9.17, 15) is 8.42 Å². The fourth-order valence-corrected chi connectivity index (χ4v) is 4.96. The van der Waals surface area contributed by atoms with E-state index >= 15 is 0 Å². The number of nitrogens with zero attached hydrogens (tertiary/aromatic N) is 1. The molecule has 0 aromatic heterocycles. The number of benzene rings is 2. The van der Waals surface area contributed by atoms with Gasteiger partial charge in [-0.1, -0.05) is 36.4 Å². The van der Waals surface area contributed by atoms with Crippen LogP contribution in [0.3, 0.4) is 0 Å². The fraction of sp³-hybridized carbons (Fsp3) is 0.375. The molecule has 4 nitrogen and oxygen atoms in total. The molecular weight excluding hydrogens is 284 g/mol. The van der Waals surface area contributed by atoms with Crippen LogP contribution in [0.4, 0.5) is 0 Å². The average molecular weight is 304 g/mol. The van der Waals surface area contributed by atoms with Gasteiger partial charge in [0.05, 0.1) is 4.90 Å². The Morgan fingerprint density at radius 2 is 1.86 bits per heavy atom. The molecule has 0 bridgehead atoms. The van der Waals surface area contributed by atoms with Crippen LogP contribution < -0.4 is 5.73 Å². The van der Waals surface area contributed by atoms with Gasteiger partial charge in [0.25, 0.3) is 0 Å². The summed E-state index contributed by atoms with van der Waals surface area (Å²) in [6, 6.07) is 13.1. The summed E-state index contributed by atoms with van der Waals surface area (Å²) >= 11 is 0. The molecule has 2 unspecified atom stereocenters. The zero-order chi connectivity index (χ0) is 15.0. The van der Waals surface area contributed by atoms with Crippen molar-refractivity contribution in [1.82, 2.24) is 4.31 Å². The van der Waals surface area contributed by atoms with Gasteiger partial charge in [0, 0.05) is 24.0 Å². The summed E-state index contributed by atoms with van der Waals surface area (Å²) in [6.07, 6.45) is 1.43. The van der Waals surface area contributed by atoms with E-state index in [0.717, 1.165) is 10.8 Å². The number of fused-ring (bicyclic) bond motifs is 1. The van der Waals surface area contributed by atoms with Gasteiger partial charge < -0.3 is 5.73 Å². The number of sulfonamides is 1. The lowest BCUT2D eigenvalue weighted by atomic mass is 10.0. The Kier molecular flexibility index (Phi) is 3.73. The molecule has 2 N–H and O–H groups in total. The quantitative estimate of drug-likeness (QED) is 0.926. The molecule has 2 aromatic rings. The lowest BCUT2D eigenvalue weighted by Crippen LogP contribution is -2.48. The molecule has 2 aromatic carbocycles. The first-order chi connectivity index (χ1) is 10.00. The Balaban J connectivity index is 2.09. The van der Waals surface area contributed by atoms with Crippen molar-refractivity contribution in [1.29, 1.82) is 0 Å². The zero-order valence-electron chi connectivity index (χ0n) is 12.1. The van der Waals surface area contributed by atoms with Gasteiger partial charge in [0.2, 0.25) is 10.0 Å². The predicted octanol–water partition coefficient (Wildman–Crippen LogP) is 2.34. The van der Waals surface area contributed by atoms with E-state index in [2.05, 4.69) is 0 Å². The van der Waals surface area contributed by atoms with Crippen molar-refractivity contribution in [3.63, 3.8) is 0 Å². The van der Waals surface area contributed by atoms with Crippen LogP contribution in [0.15, 0.2) is 47.4 Å². The second kappa shape index (κ2) is 5.40. The molecule has 1 aliphatic heterocycles. The smallest absolute Gasteiger partial charge is 0.243 e. The third kappa shape index (κ3) is 2.57. The first-order valence-corrected chi connectivity index (χ1v) is 8.69. The molecule has 1 saturated heterocycles. The van der Waals surface area contributed by atoms with Crippen LogP contribution in [0.2, 0.25) is 0 Å². The topological polar surface area (TPSA) is 63.4 Å². The van der Waals surface area contributed by atoms with Crippen molar-refractivity contribution in [3.8, 4) is 0 Å². The summed E-state index contributed by atoms with van der Waals surface area (Å²) in [6.45, 7) is 2.43. The molecule has 0 saturated carbocycles. The van der Waals surface area contributed by atoms with Crippen molar-refractivity contribution in [2.24, 2.45) is 5.73 Å². The van der Waals surface area contributed by atoms with Gasteiger partial charge in [-0.15, -0.1) is 0 Å². The van der Waals surface area contributed by atoms with E-state index in [-0.39, 0.29) is 12.1 Å². The lowest BCUT2D eigenvalue weighted by Gasteiger charge is -2.35. The van der Waals surface area contributed by atoms with E-state index in [1.807, 2.05) is 37.3 Å². The zero-order valence-corrected chi connectivity index (χ0v) is 12.9. The highest BCUT2D eigenvalue weighted by atomic mass is 32.2. The predicted molar refractivity (Wildman–Crippen MR) is 84.5 cm³/mol. The van der Waals surface area contributed by atoms with Crippen molar-refractivity contribution in [2.75, 3.05) is 6.54 Å². The molecule has 0 amide bonds. The van der Waals surface area contributed by atoms with Crippen LogP contribution >= 0.6 is 0 Å². The van der Waals surface area contributed by atoms with Gasteiger partial charge in [-0.2, -0.15) is 4.31 Å². The number of rotatable bonds is 2. The molecule has 3 rings (SSSR count). The van der Waals surface area contributed by atoms with E-state index in [4.69, 9.17) is 5.73 Å². The molecule has 0 spiro atoms. The van der Waals surface area contributed by atoms with Crippen molar-refractivity contribution < 1.29 is 8.42 Å². The summed E-state index contributed by atoms with van der Waals surface area (Å²) in [5.41, 5.74) is 5.94. The van der Waals surface area contributed by atoms with Crippen LogP contribution in [0, 0.1) is 0 Å². The van der Waals surface area contributed by atoms with E-state index in [1.54, 1.807) is 16.4 Å². The maximum Gasteiger partial charge on any atom is 0.243 e. The minimum Gasteiger partial charge on any atom is -0.328 e. The largest absolute Gasteiger partial charge is 0.328 e. The fourth-order valence-electron chi connectivity index (χ4n) is 3.09. The summed E-state index contributed by atoms with van der Waals surface area (Å²) in [7, 11) is -3.48. The van der Waals surface area contributed by atoms with Crippen LogP contribution in [-0.4, -0.2) is 31.4 Å². The van der Waals surface area contributed by atoms with Crippen LogP contribution in [-0.2, 0) is 10.0 Å². The highest BCUT2D eigenvalue weighted by molar-refractivity contribution is 7.89. The van der Waals surface area contributed by atoms with Gasteiger partial charge in [0.1, 0.15) is 0 Å². The number of nitrogens with two attached hydrogens (primary N) is 1. The van der Waals surface area contributed by atoms with Crippen molar-refractivity contribution in [3.05, 3.63) is 42.5 Å². The number of hydrogen-bond donors (Lipinski definition) is 1. The van der Waals surface area contributed by atoms with Crippen molar-refractivity contribution >= 4 is 20.8 Å². The van der Waals surface area contributed by atoms with E-state index < -0.39 is 10.0 Å². The molecule has 1 fully saturated rings. The number of piperidine rings is 1. The third-order valence-corrected chi connectivity index (χ3v) is 6.26. The standard InChI is InChI=1S/C16H20N2O2S/c1-12-11-14(17)9-10-18(12)21(19,20)16-8-4-6-13-5-2-3-7-15(13)16/h2-8,12,14H,9-11,17H2,1H3. The maximum absolute atomic E-state index is 13.0. The maximum atomic E-state index is 13.0. The minimum absolute atomic E-state index is 0.0577. The molecule has 1 heterocycles. The highest BCUT2D eigenvalue weighted by Gasteiger charge is 2.34. The highest BCUT2D eigenvalue weighted by Crippen LogP contribution is 2.29. The third-order valence-electron chi connectivity index (χ3n) is 4.19. The summed E-state index contributed by atoms with van der Waals surface area (Å²) in [5.74, 6) is 0. The monoisotopic (exact) mass is 304 g/mol. The Bertz CT molecular complexity index is 752.